The van der Waals surface area contributed by atoms with Crippen molar-refractivity contribution in [2.24, 2.45) is 17.8 Å². The van der Waals surface area contributed by atoms with Crippen LogP contribution in [0.2, 0.25) is 0 Å². The minimum absolute atomic E-state index is 0.107. The van der Waals surface area contributed by atoms with Crippen molar-refractivity contribution in [1.82, 2.24) is 0 Å². The number of carbonyl (C=O) groups excluding carboxylic acids is 4. The lowest BCUT2D eigenvalue weighted by Gasteiger charge is -2.21. The molecule has 642 valence electrons. The van der Waals surface area contributed by atoms with Crippen LogP contribution in [0.1, 0.15) is 472 Å². The minimum atomic E-state index is -4.97. The summed E-state index contributed by atoms with van der Waals surface area (Å²) >= 11 is 0. The quantitative estimate of drug-likeness (QED) is 0.0222. The van der Waals surface area contributed by atoms with E-state index in [2.05, 4.69) is 48.5 Å². The maximum atomic E-state index is 13.2. The molecule has 0 spiro atoms. The lowest BCUT2D eigenvalue weighted by molar-refractivity contribution is -0.161. The fraction of sp³-hybridized carbons (Fsp3) is 0.955. The van der Waals surface area contributed by atoms with Crippen LogP contribution in [0.15, 0.2) is 0 Å². The van der Waals surface area contributed by atoms with Crippen LogP contribution >= 0.6 is 15.6 Å². The molecule has 108 heavy (non-hydrogen) atoms. The molecular formula is C89H174O17P2. The Hall–Kier alpha value is -1.94. The molecule has 0 fully saturated rings. The minimum Gasteiger partial charge on any atom is -0.462 e. The summed E-state index contributed by atoms with van der Waals surface area (Å²) in [6.45, 7) is 12.1. The Kier molecular flexibility index (Phi) is 77.5. The van der Waals surface area contributed by atoms with Gasteiger partial charge in [0.25, 0.3) is 0 Å². The fourth-order valence-corrected chi connectivity index (χ4v) is 15.4. The first-order chi connectivity index (χ1) is 52.3. The van der Waals surface area contributed by atoms with E-state index in [1.54, 1.807) is 0 Å². The number of phosphoric ester groups is 2. The van der Waals surface area contributed by atoms with E-state index in [0.717, 1.165) is 108 Å². The highest BCUT2D eigenvalue weighted by Crippen LogP contribution is 2.45. The number of aliphatic hydroxyl groups excluding tert-OH is 1. The third-order valence-corrected chi connectivity index (χ3v) is 23.9. The number of hydrogen-bond acceptors (Lipinski definition) is 15. The highest BCUT2D eigenvalue weighted by Gasteiger charge is 2.31. The number of hydrogen-bond donors (Lipinski definition) is 3. The molecule has 0 saturated carbocycles. The monoisotopic (exact) mass is 1580 g/mol. The van der Waals surface area contributed by atoms with Gasteiger partial charge in [0.05, 0.1) is 26.4 Å². The van der Waals surface area contributed by atoms with Gasteiger partial charge in [0.15, 0.2) is 12.2 Å². The number of carbonyl (C=O) groups is 4. The fourth-order valence-electron chi connectivity index (χ4n) is 13.8. The van der Waals surface area contributed by atoms with Crippen molar-refractivity contribution < 1.29 is 80.2 Å². The van der Waals surface area contributed by atoms with E-state index in [0.29, 0.717) is 25.7 Å². The summed E-state index contributed by atoms with van der Waals surface area (Å²) in [6.07, 6.45) is 70.7. The van der Waals surface area contributed by atoms with Gasteiger partial charge in [0.2, 0.25) is 0 Å². The van der Waals surface area contributed by atoms with Crippen LogP contribution in [0.25, 0.3) is 0 Å². The molecule has 0 aromatic carbocycles. The predicted octanol–water partition coefficient (Wildman–Crippen LogP) is 27.3. The second-order valence-corrected chi connectivity index (χ2v) is 35.6. The van der Waals surface area contributed by atoms with E-state index >= 15 is 0 Å². The third kappa shape index (κ3) is 78.0. The van der Waals surface area contributed by atoms with Crippen LogP contribution in [0.4, 0.5) is 0 Å². The number of esters is 4. The number of phosphoric acid groups is 2. The van der Waals surface area contributed by atoms with Gasteiger partial charge < -0.3 is 33.8 Å². The van der Waals surface area contributed by atoms with E-state index < -0.39 is 97.5 Å². The maximum absolute atomic E-state index is 13.2. The zero-order chi connectivity index (χ0) is 79.3. The topological polar surface area (TPSA) is 237 Å². The largest absolute Gasteiger partial charge is 0.472 e. The number of aliphatic hydroxyl groups is 1. The molecule has 0 radical (unpaired) electrons. The van der Waals surface area contributed by atoms with E-state index in [-0.39, 0.29) is 25.7 Å². The first-order valence-electron chi connectivity index (χ1n) is 46.0. The predicted molar refractivity (Wildman–Crippen MR) is 446 cm³/mol. The number of unbranched alkanes of at least 4 members (excludes halogenated alkanes) is 52. The number of rotatable bonds is 87. The van der Waals surface area contributed by atoms with Gasteiger partial charge in [-0.1, -0.05) is 421 Å². The van der Waals surface area contributed by atoms with Gasteiger partial charge in [0.1, 0.15) is 19.3 Å². The molecule has 0 bridgehead atoms. The van der Waals surface area contributed by atoms with Crippen molar-refractivity contribution in [2.45, 2.75) is 491 Å². The second-order valence-electron chi connectivity index (χ2n) is 32.7. The van der Waals surface area contributed by atoms with Crippen molar-refractivity contribution in [3.8, 4) is 0 Å². The van der Waals surface area contributed by atoms with Crippen LogP contribution in [0.3, 0.4) is 0 Å². The van der Waals surface area contributed by atoms with Gasteiger partial charge in [-0.25, -0.2) is 9.13 Å². The van der Waals surface area contributed by atoms with Crippen LogP contribution in [-0.4, -0.2) is 96.7 Å². The van der Waals surface area contributed by atoms with Crippen LogP contribution in [0, 0.1) is 17.8 Å². The lowest BCUT2D eigenvalue weighted by atomic mass is 9.99. The average molecular weight is 1580 g/mol. The average Bonchev–Trinajstić information content (AvgIpc) is 0.899. The summed E-state index contributed by atoms with van der Waals surface area (Å²) in [6, 6.07) is 0. The van der Waals surface area contributed by atoms with Crippen molar-refractivity contribution in [3.05, 3.63) is 0 Å². The highest BCUT2D eigenvalue weighted by atomic mass is 31.2. The Morgan fingerprint density at radius 2 is 0.444 bits per heavy atom. The summed E-state index contributed by atoms with van der Waals surface area (Å²) < 4.78 is 68.9. The van der Waals surface area contributed by atoms with E-state index in [1.165, 1.54) is 283 Å². The normalized spacial score (nSPS) is 14.6. The zero-order valence-corrected chi connectivity index (χ0v) is 73.1. The van der Waals surface area contributed by atoms with Crippen LogP contribution in [-0.2, 0) is 65.4 Å². The molecule has 17 nitrogen and oxygen atoms in total. The summed E-state index contributed by atoms with van der Waals surface area (Å²) in [5.74, 6) is 0.446. The van der Waals surface area contributed by atoms with Crippen LogP contribution in [0.5, 0.6) is 0 Å². The maximum Gasteiger partial charge on any atom is 0.472 e. The van der Waals surface area contributed by atoms with Crippen molar-refractivity contribution in [3.63, 3.8) is 0 Å². The zero-order valence-electron chi connectivity index (χ0n) is 71.3. The summed E-state index contributed by atoms with van der Waals surface area (Å²) in [5, 5.41) is 10.7. The molecule has 0 aliphatic heterocycles. The molecule has 19 heteroatoms. The second kappa shape index (κ2) is 78.9. The van der Waals surface area contributed by atoms with Gasteiger partial charge in [-0.3, -0.25) is 37.3 Å². The summed E-state index contributed by atoms with van der Waals surface area (Å²) in [7, 11) is -9.93. The van der Waals surface area contributed by atoms with E-state index in [4.69, 9.17) is 37.0 Å². The molecule has 0 heterocycles. The Morgan fingerprint density at radius 3 is 0.657 bits per heavy atom. The van der Waals surface area contributed by atoms with Crippen molar-refractivity contribution in [1.29, 1.82) is 0 Å². The molecule has 0 aliphatic rings. The molecule has 0 aromatic heterocycles. The van der Waals surface area contributed by atoms with Gasteiger partial charge in [-0.05, 0) is 43.4 Å². The molecular weight excluding hydrogens is 1400 g/mol. The van der Waals surface area contributed by atoms with Gasteiger partial charge in [-0.2, -0.15) is 0 Å². The van der Waals surface area contributed by atoms with Gasteiger partial charge >= 0.3 is 39.5 Å². The smallest absolute Gasteiger partial charge is 0.462 e. The van der Waals surface area contributed by atoms with Gasteiger partial charge in [-0.15, -0.1) is 0 Å². The Labute approximate surface area is 664 Å². The lowest BCUT2D eigenvalue weighted by Crippen LogP contribution is -2.30. The van der Waals surface area contributed by atoms with Gasteiger partial charge in [0, 0.05) is 25.7 Å². The first-order valence-corrected chi connectivity index (χ1v) is 49.0. The number of ether oxygens (including phenoxy) is 4. The Balaban J connectivity index is 5.21. The standard InChI is InChI=1S/C89H174O17P2/c1-8-12-13-14-15-16-42-49-56-63-70-86(91)99-76-84(106-89(94)73-66-59-52-45-38-37-41-48-55-62-69-82(7)11-4)78-103-107(95,96)101-74-83(90)75-102-108(97,98)104-79-85(105-88(93)72-65-58-51-44-36-32-28-24-20-18-22-26-30-34-40-47-54-61-68-81(6)10-3)77-100-87(92)71-64-57-50-43-35-31-27-23-19-17-21-25-29-33-39-46-53-60-67-80(5)9-2/h80-85,90H,8-79H2,1-7H3,(H,95,96)(H,97,98)/t80?,81?,82?,83-,84+,85+/m0/s1. The van der Waals surface area contributed by atoms with Crippen molar-refractivity contribution >= 4 is 39.5 Å². The molecule has 0 rings (SSSR count). The van der Waals surface area contributed by atoms with E-state index in [1.807, 2.05) is 0 Å². The summed E-state index contributed by atoms with van der Waals surface area (Å²) in [5.41, 5.74) is 0. The molecule has 8 atom stereocenters. The molecule has 3 N–H and O–H groups in total. The van der Waals surface area contributed by atoms with Crippen LogP contribution < -0.4 is 0 Å². The summed E-state index contributed by atoms with van der Waals surface area (Å²) in [4.78, 5) is 73.3. The molecule has 5 unspecified atom stereocenters. The third-order valence-electron chi connectivity index (χ3n) is 22.0. The molecule has 0 amide bonds. The Bertz CT molecular complexity index is 2080. The SMILES string of the molecule is CCCCCCCCCCCCC(=O)OC[C@H](COP(=O)(O)OC[C@H](O)COP(=O)(O)OC[C@@H](COC(=O)CCCCCCCCCCCCCCCCCCCCC(C)CC)OC(=O)CCCCCCCCCCCCCCCCCCCCC(C)CC)OC(=O)CCCCCCCCCCCCC(C)CC. The first kappa shape index (κ1) is 106. The molecule has 0 aromatic rings. The van der Waals surface area contributed by atoms with Crippen molar-refractivity contribution in [2.75, 3.05) is 39.6 Å². The molecule has 0 saturated heterocycles. The highest BCUT2D eigenvalue weighted by molar-refractivity contribution is 7.47. The molecule has 0 aliphatic carbocycles. The van der Waals surface area contributed by atoms with E-state index in [9.17, 15) is 43.2 Å². The Morgan fingerprint density at radius 1 is 0.259 bits per heavy atom.